The average Bonchev–Trinajstić information content (AvgIpc) is 2.83. The lowest BCUT2D eigenvalue weighted by Crippen LogP contribution is -2.39. The van der Waals surface area contributed by atoms with Crippen molar-refractivity contribution in [3.8, 4) is 11.5 Å². The number of hydrogen-bond acceptors (Lipinski definition) is 1. The Hall–Kier alpha value is -0.263. The third-order valence-electron chi connectivity index (χ3n) is 4.23. The molecule has 2 aliphatic rings. The summed E-state index contributed by atoms with van der Waals surface area (Å²) in [5.74, 6) is 4.57. The van der Waals surface area contributed by atoms with E-state index in [0.29, 0.717) is 6.04 Å². The van der Waals surface area contributed by atoms with Crippen LogP contribution < -0.4 is 0 Å². The second-order valence-corrected chi connectivity index (χ2v) is 11.9. The molecule has 1 saturated heterocycles. The highest BCUT2D eigenvalue weighted by Crippen LogP contribution is 2.30. The first-order valence-electron chi connectivity index (χ1n) is 7.83. The molecular formula is C16H29NSi. The Bertz CT molecular complexity index is 308. The van der Waals surface area contributed by atoms with E-state index in [-0.39, 0.29) is 0 Å². The lowest BCUT2D eigenvalue weighted by molar-refractivity contribution is 0.185. The van der Waals surface area contributed by atoms with Crippen molar-refractivity contribution in [2.45, 2.75) is 70.6 Å². The lowest BCUT2D eigenvalue weighted by Gasteiger charge is -2.33. The van der Waals surface area contributed by atoms with Gasteiger partial charge in [-0.25, -0.2) is 0 Å². The monoisotopic (exact) mass is 263 g/mol. The van der Waals surface area contributed by atoms with Gasteiger partial charge in [-0.3, -0.25) is 4.90 Å². The van der Waals surface area contributed by atoms with E-state index >= 15 is 0 Å². The van der Waals surface area contributed by atoms with E-state index in [0.717, 1.165) is 5.92 Å². The van der Waals surface area contributed by atoms with E-state index in [2.05, 4.69) is 36.0 Å². The van der Waals surface area contributed by atoms with Crippen LogP contribution >= 0.6 is 0 Å². The Kier molecular flexibility index (Phi) is 4.92. The molecule has 0 bridgehead atoms. The molecule has 18 heavy (non-hydrogen) atoms. The van der Waals surface area contributed by atoms with Crippen molar-refractivity contribution in [1.29, 1.82) is 0 Å². The molecule has 1 atom stereocenters. The fourth-order valence-corrected chi connectivity index (χ4v) is 3.85. The molecule has 1 nitrogen and oxygen atoms in total. The number of likely N-dealkylation sites (tertiary alicyclic amines) is 1. The molecule has 0 aromatic heterocycles. The highest BCUT2D eigenvalue weighted by molar-refractivity contribution is 6.83. The lowest BCUT2D eigenvalue weighted by atomic mass is 9.83. The first kappa shape index (κ1) is 14.2. The second-order valence-electron chi connectivity index (χ2n) is 7.11. The zero-order chi connectivity index (χ0) is 13.0. The molecule has 1 aliphatic heterocycles. The molecule has 0 N–H and O–H groups in total. The Morgan fingerprint density at radius 3 is 2.11 bits per heavy atom. The first-order chi connectivity index (χ1) is 8.56. The molecular weight excluding hydrogens is 234 g/mol. The standard InChI is InChI=1S/C16H29NSi/c1-18(2,3)14-11-16(17-12-7-8-13-17)15-9-5-4-6-10-15/h15-16H,4-10,12-13H2,1-3H3/t16-/m1/s1. The van der Waals surface area contributed by atoms with E-state index in [4.69, 9.17) is 0 Å². The minimum atomic E-state index is -1.22. The van der Waals surface area contributed by atoms with Crippen LogP contribution in [0.25, 0.3) is 0 Å². The van der Waals surface area contributed by atoms with Crippen LogP contribution in [0.2, 0.25) is 19.6 Å². The first-order valence-corrected chi connectivity index (χ1v) is 11.3. The van der Waals surface area contributed by atoms with Crippen molar-refractivity contribution < 1.29 is 0 Å². The minimum absolute atomic E-state index is 0.583. The Balaban J connectivity index is 2.07. The molecule has 0 spiro atoms. The summed E-state index contributed by atoms with van der Waals surface area (Å²) >= 11 is 0. The quantitative estimate of drug-likeness (QED) is 0.539. The maximum atomic E-state index is 3.71. The van der Waals surface area contributed by atoms with Crippen LogP contribution in [0.4, 0.5) is 0 Å². The van der Waals surface area contributed by atoms with Gasteiger partial charge in [-0.05, 0) is 44.7 Å². The predicted molar refractivity (Wildman–Crippen MR) is 82.3 cm³/mol. The second kappa shape index (κ2) is 6.26. The SMILES string of the molecule is C[Si](C)(C)C#C[C@H](C1CCCCC1)N1CCCC1. The highest BCUT2D eigenvalue weighted by atomic mass is 28.3. The smallest absolute Gasteiger partial charge is 0.129 e. The minimum Gasteiger partial charge on any atom is -0.290 e. The molecule has 102 valence electrons. The molecule has 1 saturated carbocycles. The molecule has 2 fully saturated rings. The molecule has 0 aromatic rings. The van der Waals surface area contributed by atoms with Crippen molar-refractivity contribution in [2.24, 2.45) is 5.92 Å². The predicted octanol–water partition coefficient (Wildman–Crippen LogP) is 3.91. The Labute approximate surface area is 114 Å². The molecule has 1 heterocycles. The third kappa shape index (κ3) is 4.14. The van der Waals surface area contributed by atoms with E-state index in [9.17, 15) is 0 Å². The Morgan fingerprint density at radius 2 is 1.56 bits per heavy atom. The maximum Gasteiger partial charge on any atom is 0.129 e. The van der Waals surface area contributed by atoms with Gasteiger partial charge < -0.3 is 0 Å². The number of rotatable bonds is 2. The van der Waals surface area contributed by atoms with Crippen molar-refractivity contribution in [3.63, 3.8) is 0 Å². The summed E-state index contributed by atoms with van der Waals surface area (Å²) in [7, 11) is -1.22. The van der Waals surface area contributed by atoms with Gasteiger partial charge in [0, 0.05) is 0 Å². The van der Waals surface area contributed by atoms with Crippen LogP contribution in [0.15, 0.2) is 0 Å². The third-order valence-corrected chi connectivity index (χ3v) is 5.12. The molecule has 2 heteroatoms. The summed E-state index contributed by atoms with van der Waals surface area (Å²) in [6.07, 6.45) is 9.93. The van der Waals surface area contributed by atoms with Crippen LogP contribution in [-0.4, -0.2) is 32.1 Å². The molecule has 2 rings (SSSR count). The van der Waals surface area contributed by atoms with Gasteiger partial charge in [0.2, 0.25) is 0 Å². The van der Waals surface area contributed by atoms with Gasteiger partial charge in [0.1, 0.15) is 8.07 Å². The van der Waals surface area contributed by atoms with Crippen molar-refractivity contribution in [3.05, 3.63) is 0 Å². The molecule has 0 unspecified atom stereocenters. The molecule has 0 aromatic carbocycles. The summed E-state index contributed by atoms with van der Waals surface area (Å²) in [6.45, 7) is 9.68. The van der Waals surface area contributed by atoms with Gasteiger partial charge in [0.15, 0.2) is 0 Å². The van der Waals surface area contributed by atoms with Crippen molar-refractivity contribution >= 4 is 8.07 Å². The maximum absolute atomic E-state index is 3.71. The van der Waals surface area contributed by atoms with Crippen LogP contribution in [0.3, 0.4) is 0 Å². The average molecular weight is 264 g/mol. The summed E-state index contributed by atoms with van der Waals surface area (Å²) in [5.41, 5.74) is 3.64. The number of hydrogen-bond donors (Lipinski definition) is 0. The van der Waals surface area contributed by atoms with Gasteiger partial charge in [-0.15, -0.1) is 5.54 Å². The highest BCUT2D eigenvalue weighted by Gasteiger charge is 2.29. The van der Waals surface area contributed by atoms with Crippen molar-refractivity contribution in [2.75, 3.05) is 13.1 Å². The molecule has 1 aliphatic carbocycles. The van der Waals surface area contributed by atoms with Crippen LogP contribution in [0, 0.1) is 17.4 Å². The summed E-state index contributed by atoms with van der Waals surface area (Å²) in [4.78, 5) is 2.68. The fraction of sp³-hybridized carbons (Fsp3) is 0.875. The van der Waals surface area contributed by atoms with Crippen LogP contribution in [0.1, 0.15) is 44.9 Å². The van der Waals surface area contributed by atoms with E-state index in [1.54, 1.807) is 0 Å². The molecule has 0 radical (unpaired) electrons. The summed E-state index contributed by atoms with van der Waals surface area (Å²) in [5, 5.41) is 0. The zero-order valence-corrected chi connectivity index (χ0v) is 13.5. The summed E-state index contributed by atoms with van der Waals surface area (Å²) < 4.78 is 0. The Morgan fingerprint density at radius 1 is 0.944 bits per heavy atom. The van der Waals surface area contributed by atoms with Gasteiger partial charge in [-0.1, -0.05) is 44.8 Å². The van der Waals surface area contributed by atoms with Gasteiger partial charge >= 0.3 is 0 Å². The normalized spacial score (nSPS) is 24.6. The van der Waals surface area contributed by atoms with Gasteiger partial charge in [0.25, 0.3) is 0 Å². The van der Waals surface area contributed by atoms with E-state index < -0.39 is 8.07 Å². The van der Waals surface area contributed by atoms with E-state index in [1.807, 2.05) is 0 Å². The fourth-order valence-electron chi connectivity index (χ4n) is 3.27. The summed E-state index contributed by atoms with van der Waals surface area (Å²) in [6, 6.07) is 0.583. The largest absolute Gasteiger partial charge is 0.290 e. The van der Waals surface area contributed by atoms with Crippen LogP contribution in [-0.2, 0) is 0 Å². The zero-order valence-electron chi connectivity index (χ0n) is 12.5. The van der Waals surface area contributed by atoms with Gasteiger partial charge in [0.05, 0.1) is 6.04 Å². The number of nitrogens with zero attached hydrogens (tertiary/aromatic N) is 1. The van der Waals surface area contributed by atoms with E-state index in [1.165, 1.54) is 58.0 Å². The molecule has 0 amide bonds. The van der Waals surface area contributed by atoms with Crippen LogP contribution in [0.5, 0.6) is 0 Å². The van der Waals surface area contributed by atoms with Gasteiger partial charge in [-0.2, -0.15) is 0 Å². The van der Waals surface area contributed by atoms with Crippen molar-refractivity contribution in [1.82, 2.24) is 4.90 Å². The topological polar surface area (TPSA) is 3.24 Å².